The van der Waals surface area contributed by atoms with E-state index >= 15 is 0 Å². The van der Waals surface area contributed by atoms with Crippen molar-refractivity contribution in [1.82, 2.24) is 5.32 Å². The Bertz CT molecular complexity index is 814. The average molecular weight is 345 g/mol. The van der Waals surface area contributed by atoms with Gasteiger partial charge in [-0.15, -0.1) is 0 Å². The third-order valence-corrected chi connectivity index (χ3v) is 4.23. The van der Waals surface area contributed by atoms with Gasteiger partial charge in [0.1, 0.15) is 6.04 Å². The van der Waals surface area contributed by atoms with Gasteiger partial charge in [0.15, 0.2) is 0 Å². The molecule has 1 unspecified atom stereocenters. The van der Waals surface area contributed by atoms with Crippen LogP contribution in [0, 0.1) is 0 Å². The van der Waals surface area contributed by atoms with Gasteiger partial charge in [-0.1, -0.05) is 84.9 Å². The molecule has 0 heterocycles. The Kier molecular flexibility index (Phi) is 6.18. The lowest BCUT2D eigenvalue weighted by atomic mass is 10.0. The Hall–Kier alpha value is -2.91. The molecule has 0 saturated heterocycles. The fourth-order valence-corrected chi connectivity index (χ4v) is 2.88. The summed E-state index contributed by atoms with van der Waals surface area (Å²) >= 11 is 0. The third kappa shape index (κ3) is 4.58. The molecule has 3 rings (SSSR count). The first kappa shape index (κ1) is 17.9. The summed E-state index contributed by atoms with van der Waals surface area (Å²) in [7, 11) is 0. The van der Waals surface area contributed by atoms with Crippen molar-refractivity contribution in [3.8, 4) is 11.1 Å². The molecule has 0 fully saturated rings. The Labute approximate surface area is 154 Å². The number of nitrogens with one attached hydrogen (secondary N) is 1. The predicted molar refractivity (Wildman–Crippen MR) is 105 cm³/mol. The molecule has 0 saturated carbocycles. The van der Waals surface area contributed by atoms with Crippen molar-refractivity contribution in [3.63, 3.8) is 0 Å². The van der Waals surface area contributed by atoms with E-state index in [1.54, 1.807) is 0 Å². The second-order valence-electron chi connectivity index (χ2n) is 6.04. The molecule has 3 nitrogen and oxygen atoms in total. The standard InChI is InChI=1S/C23H23NO2/c1-2-26-23(25)22(24-17-18-9-5-3-6-10-18)21-15-13-20(14-16-21)19-11-7-4-8-12-19/h3-16,22,24H,2,17H2,1H3. The number of carbonyl (C=O) groups excluding carboxylic acids is 1. The first-order chi connectivity index (χ1) is 12.8. The lowest BCUT2D eigenvalue weighted by Gasteiger charge is -2.18. The van der Waals surface area contributed by atoms with Crippen LogP contribution in [-0.2, 0) is 16.1 Å². The predicted octanol–water partition coefficient (Wildman–Crippen LogP) is 4.75. The largest absolute Gasteiger partial charge is 0.465 e. The van der Waals surface area contributed by atoms with Crippen LogP contribution in [0.3, 0.4) is 0 Å². The van der Waals surface area contributed by atoms with Gasteiger partial charge in [0.2, 0.25) is 0 Å². The maximum atomic E-state index is 12.4. The monoisotopic (exact) mass is 345 g/mol. The second kappa shape index (κ2) is 8.97. The smallest absolute Gasteiger partial charge is 0.327 e. The lowest BCUT2D eigenvalue weighted by molar-refractivity contribution is -0.145. The molecule has 3 aromatic carbocycles. The van der Waals surface area contributed by atoms with Crippen molar-refractivity contribution >= 4 is 5.97 Å². The number of hydrogen-bond donors (Lipinski definition) is 1. The van der Waals surface area contributed by atoms with Gasteiger partial charge in [-0.2, -0.15) is 0 Å². The molecule has 0 aliphatic rings. The second-order valence-corrected chi connectivity index (χ2v) is 6.04. The number of esters is 1. The Balaban J connectivity index is 1.78. The summed E-state index contributed by atoms with van der Waals surface area (Å²) in [5.74, 6) is -0.254. The molecule has 132 valence electrons. The molecule has 0 amide bonds. The summed E-state index contributed by atoms with van der Waals surface area (Å²) < 4.78 is 5.26. The van der Waals surface area contributed by atoms with E-state index in [0.29, 0.717) is 13.2 Å². The Morgan fingerprint density at radius 3 is 2.04 bits per heavy atom. The van der Waals surface area contributed by atoms with Gasteiger partial charge in [-0.05, 0) is 29.2 Å². The SMILES string of the molecule is CCOC(=O)C(NCc1ccccc1)c1ccc(-c2ccccc2)cc1. The van der Waals surface area contributed by atoms with Crippen molar-refractivity contribution in [2.45, 2.75) is 19.5 Å². The third-order valence-electron chi connectivity index (χ3n) is 4.23. The van der Waals surface area contributed by atoms with E-state index in [1.165, 1.54) is 0 Å². The molecule has 1 atom stereocenters. The van der Waals surface area contributed by atoms with E-state index in [9.17, 15) is 4.79 Å². The number of rotatable bonds is 7. The van der Waals surface area contributed by atoms with E-state index in [0.717, 1.165) is 22.3 Å². The first-order valence-corrected chi connectivity index (χ1v) is 8.87. The van der Waals surface area contributed by atoms with E-state index in [-0.39, 0.29) is 5.97 Å². The van der Waals surface area contributed by atoms with Gasteiger partial charge in [0, 0.05) is 6.54 Å². The summed E-state index contributed by atoms with van der Waals surface area (Å²) in [6.45, 7) is 2.79. The van der Waals surface area contributed by atoms with Crippen molar-refractivity contribution in [1.29, 1.82) is 0 Å². The normalized spacial score (nSPS) is 11.7. The summed E-state index contributed by atoms with van der Waals surface area (Å²) in [6, 6.07) is 27.8. The zero-order valence-corrected chi connectivity index (χ0v) is 14.9. The van der Waals surface area contributed by atoms with Crippen LogP contribution < -0.4 is 5.32 Å². The van der Waals surface area contributed by atoms with Gasteiger partial charge in [-0.3, -0.25) is 5.32 Å². The zero-order chi connectivity index (χ0) is 18.2. The minimum atomic E-state index is -0.486. The molecule has 26 heavy (non-hydrogen) atoms. The van der Waals surface area contributed by atoms with Crippen molar-refractivity contribution in [2.75, 3.05) is 6.61 Å². The minimum Gasteiger partial charge on any atom is -0.465 e. The summed E-state index contributed by atoms with van der Waals surface area (Å²) in [4.78, 5) is 12.4. The Morgan fingerprint density at radius 1 is 0.846 bits per heavy atom. The number of carbonyl (C=O) groups is 1. The highest BCUT2D eigenvalue weighted by Gasteiger charge is 2.21. The molecule has 0 spiro atoms. The van der Waals surface area contributed by atoms with E-state index in [2.05, 4.69) is 17.4 Å². The molecule has 0 aromatic heterocycles. The van der Waals surface area contributed by atoms with Crippen molar-refractivity contribution < 1.29 is 9.53 Å². The van der Waals surface area contributed by atoms with Crippen LogP contribution in [0.2, 0.25) is 0 Å². The number of benzene rings is 3. The van der Waals surface area contributed by atoms with Crippen LogP contribution in [0.5, 0.6) is 0 Å². The highest BCUT2D eigenvalue weighted by atomic mass is 16.5. The van der Waals surface area contributed by atoms with Gasteiger partial charge in [0.25, 0.3) is 0 Å². The molecular weight excluding hydrogens is 322 g/mol. The van der Waals surface area contributed by atoms with Crippen LogP contribution in [0.1, 0.15) is 24.1 Å². The maximum Gasteiger partial charge on any atom is 0.327 e. The molecule has 3 aromatic rings. The van der Waals surface area contributed by atoms with Crippen molar-refractivity contribution in [2.24, 2.45) is 0 Å². The lowest BCUT2D eigenvalue weighted by Crippen LogP contribution is -2.30. The quantitative estimate of drug-likeness (QED) is 0.628. The fraction of sp³-hybridized carbons (Fsp3) is 0.174. The van der Waals surface area contributed by atoms with Gasteiger partial charge in [0.05, 0.1) is 6.61 Å². The number of hydrogen-bond acceptors (Lipinski definition) is 3. The maximum absolute atomic E-state index is 12.4. The summed E-state index contributed by atoms with van der Waals surface area (Å²) in [6.07, 6.45) is 0. The molecule has 1 N–H and O–H groups in total. The van der Waals surface area contributed by atoms with E-state index < -0.39 is 6.04 Å². The average Bonchev–Trinajstić information content (AvgIpc) is 2.70. The zero-order valence-electron chi connectivity index (χ0n) is 14.9. The van der Waals surface area contributed by atoms with Crippen LogP contribution in [-0.4, -0.2) is 12.6 Å². The first-order valence-electron chi connectivity index (χ1n) is 8.87. The highest BCUT2D eigenvalue weighted by molar-refractivity contribution is 5.78. The molecule has 0 aliphatic heterocycles. The van der Waals surface area contributed by atoms with Gasteiger partial charge in [-0.25, -0.2) is 4.79 Å². The molecular formula is C23H23NO2. The van der Waals surface area contributed by atoms with Crippen LogP contribution >= 0.6 is 0 Å². The van der Waals surface area contributed by atoms with Crippen LogP contribution in [0.25, 0.3) is 11.1 Å². The highest BCUT2D eigenvalue weighted by Crippen LogP contribution is 2.23. The topological polar surface area (TPSA) is 38.3 Å². The Morgan fingerprint density at radius 2 is 1.42 bits per heavy atom. The summed E-state index contributed by atoms with van der Waals surface area (Å²) in [5, 5.41) is 3.32. The number of ether oxygens (including phenoxy) is 1. The van der Waals surface area contributed by atoms with Crippen LogP contribution in [0.4, 0.5) is 0 Å². The molecule has 3 heteroatoms. The van der Waals surface area contributed by atoms with Gasteiger partial charge < -0.3 is 4.74 Å². The van der Waals surface area contributed by atoms with Crippen LogP contribution in [0.15, 0.2) is 84.9 Å². The molecule has 0 aliphatic carbocycles. The van der Waals surface area contributed by atoms with E-state index in [4.69, 9.17) is 4.74 Å². The summed E-state index contributed by atoms with van der Waals surface area (Å²) in [5.41, 5.74) is 4.31. The molecule has 0 radical (unpaired) electrons. The fourth-order valence-electron chi connectivity index (χ4n) is 2.88. The minimum absolute atomic E-state index is 0.254. The molecule has 0 bridgehead atoms. The van der Waals surface area contributed by atoms with E-state index in [1.807, 2.05) is 79.7 Å². The van der Waals surface area contributed by atoms with Crippen molar-refractivity contribution in [3.05, 3.63) is 96.1 Å². The van der Waals surface area contributed by atoms with Gasteiger partial charge >= 0.3 is 5.97 Å².